The van der Waals surface area contributed by atoms with Gasteiger partial charge in [0.1, 0.15) is 18.2 Å². The molecule has 1 rings (SSSR count). The summed E-state index contributed by atoms with van der Waals surface area (Å²) in [5.41, 5.74) is 0.0848. The number of hydrogen-bond acceptors (Lipinski definition) is 4. The fraction of sp³-hybridized carbons (Fsp3) is 0.556. The molecule has 1 N–H and O–H groups in total. The summed E-state index contributed by atoms with van der Waals surface area (Å²) < 4.78 is 10.5. The molecule has 1 aromatic rings. The van der Waals surface area contributed by atoms with Crippen molar-refractivity contribution < 1.29 is 19.1 Å². The van der Waals surface area contributed by atoms with Gasteiger partial charge < -0.3 is 14.8 Å². The van der Waals surface area contributed by atoms with Gasteiger partial charge in [-0.25, -0.2) is 9.59 Å². The Kier molecular flexibility index (Phi) is 7.55. The second-order valence-corrected chi connectivity index (χ2v) is 7.43. The van der Waals surface area contributed by atoms with E-state index in [-0.39, 0.29) is 12.5 Å². The van der Waals surface area contributed by atoms with Gasteiger partial charge in [-0.3, -0.25) is 0 Å². The van der Waals surface area contributed by atoms with Gasteiger partial charge in [-0.15, -0.1) is 0 Å². The quantitative estimate of drug-likeness (QED) is 0.771. The van der Waals surface area contributed by atoms with Crippen molar-refractivity contribution in [2.24, 2.45) is 5.92 Å². The van der Waals surface area contributed by atoms with Gasteiger partial charge in [0.2, 0.25) is 0 Å². The maximum atomic E-state index is 12.3. The third kappa shape index (κ3) is 7.68. The van der Waals surface area contributed by atoms with E-state index in [4.69, 9.17) is 21.1 Å². The third-order valence-electron chi connectivity index (χ3n) is 3.01. The summed E-state index contributed by atoms with van der Waals surface area (Å²) in [6.07, 6.45) is -0.177. The highest BCUT2D eigenvalue weighted by Gasteiger charge is 2.26. The van der Waals surface area contributed by atoms with E-state index in [9.17, 15) is 9.59 Å². The van der Waals surface area contributed by atoms with Crippen LogP contribution in [0.5, 0.6) is 0 Å². The van der Waals surface area contributed by atoms with Crippen LogP contribution in [0.25, 0.3) is 0 Å². The molecule has 24 heavy (non-hydrogen) atoms. The molecule has 5 nitrogen and oxygen atoms in total. The van der Waals surface area contributed by atoms with Crippen LogP contribution >= 0.6 is 11.6 Å². The number of benzene rings is 1. The lowest BCUT2D eigenvalue weighted by atomic mass is 10.0. The number of nitrogens with one attached hydrogen (secondary N) is 1. The molecule has 0 unspecified atom stereocenters. The molecule has 1 atom stereocenters. The summed E-state index contributed by atoms with van der Waals surface area (Å²) >= 11 is 6.05. The molecule has 0 heterocycles. The molecule has 6 heteroatoms. The van der Waals surface area contributed by atoms with E-state index in [1.54, 1.807) is 39.0 Å². The summed E-state index contributed by atoms with van der Waals surface area (Å²) in [6.45, 7) is 9.28. The summed E-state index contributed by atoms with van der Waals surface area (Å²) in [5, 5.41) is 3.12. The first-order valence-electron chi connectivity index (χ1n) is 7.98. The van der Waals surface area contributed by atoms with Gasteiger partial charge in [-0.05, 0) is 39.2 Å². The van der Waals surface area contributed by atoms with Crippen LogP contribution in [0.3, 0.4) is 0 Å². The molecule has 0 aliphatic carbocycles. The minimum Gasteiger partial charge on any atom is -0.459 e. The van der Waals surface area contributed by atoms with Crippen molar-refractivity contribution in [1.82, 2.24) is 5.32 Å². The van der Waals surface area contributed by atoms with Gasteiger partial charge in [0.15, 0.2) is 0 Å². The van der Waals surface area contributed by atoms with Crippen molar-refractivity contribution in [3.8, 4) is 0 Å². The van der Waals surface area contributed by atoms with Crippen LogP contribution in [0, 0.1) is 5.92 Å². The molecule has 0 aliphatic rings. The minimum atomic E-state index is -0.762. The zero-order valence-corrected chi connectivity index (χ0v) is 15.6. The number of hydrogen-bond donors (Lipinski definition) is 1. The molecule has 0 saturated heterocycles. The average molecular weight is 356 g/mol. The Labute approximate surface area is 148 Å². The van der Waals surface area contributed by atoms with Crippen LogP contribution in [-0.4, -0.2) is 23.7 Å². The smallest absolute Gasteiger partial charge is 0.408 e. The molecule has 0 aliphatic heterocycles. The molecule has 0 saturated carbocycles. The third-order valence-corrected chi connectivity index (χ3v) is 3.38. The first-order chi connectivity index (χ1) is 11.1. The number of amides is 1. The van der Waals surface area contributed by atoms with Crippen molar-refractivity contribution >= 4 is 23.7 Å². The molecule has 0 bridgehead atoms. The van der Waals surface area contributed by atoms with E-state index in [2.05, 4.69) is 5.32 Å². The number of halogens is 1. The topological polar surface area (TPSA) is 64.6 Å². The Hall–Kier alpha value is -1.75. The van der Waals surface area contributed by atoms with Gasteiger partial charge in [0.05, 0.1) is 0 Å². The second-order valence-electron chi connectivity index (χ2n) is 7.03. The second kappa shape index (κ2) is 8.92. The molecular formula is C18H26ClNO4. The predicted molar refractivity (Wildman–Crippen MR) is 93.9 cm³/mol. The predicted octanol–water partition coefficient (Wildman–Crippen LogP) is 4.32. The minimum absolute atomic E-state index is 0.0586. The molecule has 1 amide bonds. The number of carbonyl (C=O) groups is 2. The van der Waals surface area contributed by atoms with Crippen molar-refractivity contribution in [3.63, 3.8) is 0 Å². The van der Waals surface area contributed by atoms with Crippen LogP contribution in [-0.2, 0) is 20.9 Å². The van der Waals surface area contributed by atoms with E-state index < -0.39 is 23.7 Å². The fourth-order valence-electron chi connectivity index (χ4n) is 2.00. The lowest BCUT2D eigenvalue weighted by Gasteiger charge is -2.23. The molecule has 1 aromatic carbocycles. The highest BCUT2D eigenvalue weighted by Crippen LogP contribution is 2.17. The normalized spacial score (nSPS) is 12.6. The molecular weight excluding hydrogens is 330 g/mol. The van der Waals surface area contributed by atoms with E-state index in [0.717, 1.165) is 0 Å². The number of esters is 1. The van der Waals surface area contributed by atoms with Crippen LogP contribution in [0.1, 0.15) is 46.6 Å². The molecule has 134 valence electrons. The number of rotatable bonds is 6. The zero-order chi connectivity index (χ0) is 18.3. The highest BCUT2D eigenvalue weighted by molar-refractivity contribution is 6.31. The summed E-state index contributed by atoms with van der Waals surface area (Å²) in [5.74, 6) is -0.299. The van der Waals surface area contributed by atoms with Crippen molar-refractivity contribution in [1.29, 1.82) is 0 Å². The number of ether oxygens (including phenoxy) is 2. The Morgan fingerprint density at radius 1 is 1.21 bits per heavy atom. The lowest BCUT2D eigenvalue weighted by Crippen LogP contribution is -2.44. The van der Waals surface area contributed by atoms with E-state index >= 15 is 0 Å². The standard InChI is InChI=1S/C18H26ClNO4/c1-12(2)10-15(20-17(22)24-18(3,4)5)16(21)23-11-13-8-6-7-9-14(13)19/h6-9,12,15H,10-11H2,1-5H3,(H,20,22)/t15-/m0/s1. The van der Waals surface area contributed by atoms with Gasteiger partial charge in [-0.1, -0.05) is 43.6 Å². The van der Waals surface area contributed by atoms with E-state index in [1.165, 1.54) is 0 Å². The molecule has 0 aromatic heterocycles. The SMILES string of the molecule is CC(C)C[C@H](NC(=O)OC(C)(C)C)C(=O)OCc1ccccc1Cl. The fourth-order valence-corrected chi connectivity index (χ4v) is 2.19. The van der Waals surface area contributed by atoms with Crippen molar-refractivity contribution in [2.75, 3.05) is 0 Å². The Morgan fingerprint density at radius 3 is 2.38 bits per heavy atom. The Morgan fingerprint density at radius 2 is 1.83 bits per heavy atom. The molecule has 0 fully saturated rings. The van der Waals surface area contributed by atoms with E-state index in [1.807, 2.05) is 19.9 Å². The molecule has 0 spiro atoms. The zero-order valence-electron chi connectivity index (χ0n) is 14.9. The summed E-state index contributed by atoms with van der Waals surface area (Å²) in [7, 11) is 0. The summed E-state index contributed by atoms with van der Waals surface area (Å²) in [6, 6.07) is 6.38. The van der Waals surface area contributed by atoms with Crippen LogP contribution in [0.15, 0.2) is 24.3 Å². The van der Waals surface area contributed by atoms with Crippen LogP contribution in [0.2, 0.25) is 5.02 Å². The maximum absolute atomic E-state index is 12.3. The highest BCUT2D eigenvalue weighted by atomic mass is 35.5. The van der Waals surface area contributed by atoms with Gasteiger partial charge in [-0.2, -0.15) is 0 Å². The van der Waals surface area contributed by atoms with E-state index in [0.29, 0.717) is 17.0 Å². The Balaban J connectivity index is 2.67. The lowest BCUT2D eigenvalue weighted by molar-refractivity contribution is -0.148. The Bertz CT molecular complexity index is 566. The van der Waals surface area contributed by atoms with Crippen molar-refractivity contribution in [3.05, 3.63) is 34.9 Å². The van der Waals surface area contributed by atoms with Crippen LogP contribution in [0.4, 0.5) is 4.79 Å². The maximum Gasteiger partial charge on any atom is 0.408 e. The first kappa shape index (κ1) is 20.3. The average Bonchev–Trinajstić information content (AvgIpc) is 2.43. The van der Waals surface area contributed by atoms with Crippen molar-refractivity contribution in [2.45, 2.75) is 59.3 Å². The van der Waals surface area contributed by atoms with Gasteiger partial charge in [0.25, 0.3) is 0 Å². The number of carbonyl (C=O) groups excluding carboxylic acids is 2. The largest absolute Gasteiger partial charge is 0.459 e. The van der Waals surface area contributed by atoms with Crippen LogP contribution < -0.4 is 5.32 Å². The number of alkyl carbamates (subject to hydrolysis) is 1. The van der Waals surface area contributed by atoms with Gasteiger partial charge in [0, 0.05) is 10.6 Å². The summed E-state index contributed by atoms with van der Waals surface area (Å²) in [4.78, 5) is 24.3. The first-order valence-corrected chi connectivity index (χ1v) is 8.36. The van der Waals surface area contributed by atoms with Gasteiger partial charge >= 0.3 is 12.1 Å². The monoisotopic (exact) mass is 355 g/mol. The molecule has 0 radical (unpaired) electrons.